The van der Waals surface area contributed by atoms with E-state index >= 15 is 0 Å². The molecule has 0 aromatic heterocycles. The van der Waals surface area contributed by atoms with Crippen LogP contribution in [-0.4, -0.2) is 57.0 Å². The molecule has 0 saturated carbocycles. The summed E-state index contributed by atoms with van der Waals surface area (Å²) in [7, 11) is 3.09. The first kappa shape index (κ1) is 28.6. The Labute approximate surface area is 228 Å². The zero-order valence-corrected chi connectivity index (χ0v) is 23.2. The van der Waals surface area contributed by atoms with E-state index < -0.39 is 47.9 Å². The summed E-state index contributed by atoms with van der Waals surface area (Å²) in [6, 6.07) is 13.9. The van der Waals surface area contributed by atoms with E-state index in [4.69, 9.17) is 28.4 Å². The van der Waals surface area contributed by atoms with Crippen LogP contribution in [-0.2, 0) is 50.3 Å². The van der Waals surface area contributed by atoms with Gasteiger partial charge in [-0.05, 0) is 47.7 Å². The van der Waals surface area contributed by atoms with Crippen molar-refractivity contribution in [3.63, 3.8) is 0 Å². The van der Waals surface area contributed by atoms with E-state index in [2.05, 4.69) is 12.1 Å². The molecule has 0 radical (unpaired) electrons. The van der Waals surface area contributed by atoms with Gasteiger partial charge in [0.2, 0.25) is 5.79 Å². The molecule has 4 rings (SSSR count). The van der Waals surface area contributed by atoms with Crippen LogP contribution in [0.25, 0.3) is 0 Å². The van der Waals surface area contributed by atoms with E-state index in [1.807, 2.05) is 30.3 Å². The number of benzene rings is 2. The Hall–Kier alpha value is -3.43. The predicted molar refractivity (Wildman–Crippen MR) is 140 cm³/mol. The van der Waals surface area contributed by atoms with Crippen LogP contribution < -0.4 is 4.74 Å². The molecular weight excluding hydrogens is 504 g/mol. The van der Waals surface area contributed by atoms with Gasteiger partial charge in [-0.15, -0.1) is 0 Å². The summed E-state index contributed by atoms with van der Waals surface area (Å²) in [6.07, 6.45) is -0.919. The summed E-state index contributed by atoms with van der Waals surface area (Å²) >= 11 is 0. The maximum Gasteiger partial charge on any atom is 0.303 e. The van der Waals surface area contributed by atoms with Gasteiger partial charge in [0.25, 0.3) is 0 Å². The zero-order chi connectivity index (χ0) is 28.3. The molecule has 0 N–H and O–H groups in total. The first-order chi connectivity index (χ1) is 18.6. The van der Waals surface area contributed by atoms with Crippen molar-refractivity contribution in [1.29, 1.82) is 0 Å². The molecule has 1 aliphatic carbocycles. The number of esters is 3. The lowest BCUT2D eigenvalue weighted by Gasteiger charge is -2.50. The highest BCUT2D eigenvalue weighted by Crippen LogP contribution is 2.47. The number of carbonyl (C=O) groups excluding carboxylic acids is 3. The second-order valence-electron chi connectivity index (χ2n) is 10.1. The van der Waals surface area contributed by atoms with Gasteiger partial charge in [-0.3, -0.25) is 14.4 Å². The van der Waals surface area contributed by atoms with Crippen LogP contribution in [0, 0.1) is 5.92 Å². The second-order valence-corrected chi connectivity index (χ2v) is 10.1. The minimum absolute atomic E-state index is 0.0917. The third-order valence-corrected chi connectivity index (χ3v) is 7.60. The number of fused-ring (bicyclic) bond motifs is 1. The maximum absolute atomic E-state index is 12.3. The number of hydrogen-bond acceptors (Lipinski definition) is 9. The van der Waals surface area contributed by atoms with Crippen LogP contribution in [0.1, 0.15) is 62.3 Å². The Balaban J connectivity index is 1.81. The molecule has 210 valence electrons. The standard InChI is InChI=1S/C30H36O9/c1-17-27(16-36-18(2)31)39-30(35-6,29(38-20(4)33)28(17)37-19(3)32)23-11-7-22-10-14-25(26(22)15-23)21-8-12-24(34-5)13-9-21/h7-9,11-13,15,17,25,27-29H,10,14,16H2,1-6H3/t17-,25?,27-,28+,29-,30?/m1/s1. The van der Waals surface area contributed by atoms with Crippen molar-refractivity contribution in [3.05, 3.63) is 64.7 Å². The fourth-order valence-corrected chi connectivity index (χ4v) is 5.69. The summed E-state index contributed by atoms with van der Waals surface area (Å²) in [5.74, 6) is -2.79. The third kappa shape index (κ3) is 5.79. The Kier molecular flexibility index (Phi) is 8.61. The molecule has 9 heteroatoms. The lowest BCUT2D eigenvalue weighted by atomic mass is 9.81. The highest BCUT2D eigenvalue weighted by molar-refractivity contribution is 5.68. The van der Waals surface area contributed by atoms with Gasteiger partial charge >= 0.3 is 17.9 Å². The van der Waals surface area contributed by atoms with Crippen molar-refractivity contribution in [2.24, 2.45) is 5.92 Å². The predicted octanol–water partition coefficient (Wildman–Crippen LogP) is 4.03. The SMILES string of the molecule is COc1ccc(C2CCc3ccc(C4(OC)O[C@H](COC(C)=O)[C@@H](C)[C@H](OC(C)=O)[C@H]4OC(C)=O)cc32)cc1. The number of rotatable bonds is 8. The largest absolute Gasteiger partial charge is 0.497 e. The minimum atomic E-state index is -1.63. The summed E-state index contributed by atoms with van der Waals surface area (Å²) in [5.41, 5.74) is 4.07. The molecule has 1 heterocycles. The van der Waals surface area contributed by atoms with Crippen LogP contribution >= 0.6 is 0 Å². The van der Waals surface area contributed by atoms with Crippen molar-refractivity contribution >= 4 is 17.9 Å². The molecule has 0 spiro atoms. The third-order valence-electron chi connectivity index (χ3n) is 7.60. The van der Waals surface area contributed by atoms with E-state index in [0.717, 1.165) is 29.7 Å². The fraction of sp³-hybridized carbons (Fsp3) is 0.500. The lowest BCUT2D eigenvalue weighted by Crippen LogP contribution is -2.63. The van der Waals surface area contributed by atoms with Gasteiger partial charge in [-0.2, -0.15) is 0 Å². The Morgan fingerprint density at radius 1 is 0.949 bits per heavy atom. The number of aryl methyl sites for hydroxylation is 1. The monoisotopic (exact) mass is 540 g/mol. The van der Waals surface area contributed by atoms with Crippen LogP contribution in [0.4, 0.5) is 0 Å². The number of methoxy groups -OCH3 is 2. The van der Waals surface area contributed by atoms with E-state index in [0.29, 0.717) is 5.56 Å². The van der Waals surface area contributed by atoms with Crippen molar-refractivity contribution in [2.45, 2.75) is 70.6 Å². The molecule has 0 bridgehead atoms. The number of ether oxygens (including phenoxy) is 6. The fourth-order valence-electron chi connectivity index (χ4n) is 5.69. The molecule has 2 aromatic carbocycles. The molecule has 1 saturated heterocycles. The molecule has 39 heavy (non-hydrogen) atoms. The van der Waals surface area contributed by atoms with Gasteiger partial charge in [0.15, 0.2) is 6.10 Å². The smallest absolute Gasteiger partial charge is 0.303 e. The van der Waals surface area contributed by atoms with Crippen molar-refractivity contribution in [2.75, 3.05) is 20.8 Å². The molecule has 6 atom stereocenters. The van der Waals surface area contributed by atoms with Crippen LogP contribution in [0.3, 0.4) is 0 Å². The molecule has 1 aliphatic heterocycles. The van der Waals surface area contributed by atoms with Gasteiger partial charge in [-0.25, -0.2) is 0 Å². The average molecular weight is 541 g/mol. The van der Waals surface area contributed by atoms with E-state index in [1.54, 1.807) is 14.0 Å². The van der Waals surface area contributed by atoms with Crippen LogP contribution in [0.2, 0.25) is 0 Å². The molecule has 2 aliphatic rings. The Bertz CT molecular complexity index is 1210. The molecule has 2 unspecified atom stereocenters. The second kappa shape index (κ2) is 11.8. The summed E-state index contributed by atoms with van der Waals surface area (Å²) in [4.78, 5) is 36.1. The summed E-state index contributed by atoms with van der Waals surface area (Å²) in [6.45, 7) is 5.58. The molecule has 0 amide bonds. The highest BCUT2D eigenvalue weighted by Gasteiger charge is 2.59. The van der Waals surface area contributed by atoms with Gasteiger partial charge in [-0.1, -0.05) is 31.2 Å². The van der Waals surface area contributed by atoms with Crippen molar-refractivity contribution in [3.8, 4) is 5.75 Å². The Morgan fingerprint density at radius 3 is 2.23 bits per heavy atom. The highest BCUT2D eigenvalue weighted by atomic mass is 16.7. The first-order valence-corrected chi connectivity index (χ1v) is 13.1. The summed E-state index contributed by atoms with van der Waals surface area (Å²) in [5, 5.41) is 0. The molecular formula is C30H36O9. The van der Waals surface area contributed by atoms with Gasteiger partial charge < -0.3 is 28.4 Å². The van der Waals surface area contributed by atoms with E-state index in [9.17, 15) is 14.4 Å². The first-order valence-electron chi connectivity index (χ1n) is 13.1. The molecule has 2 aromatic rings. The Morgan fingerprint density at radius 2 is 1.64 bits per heavy atom. The van der Waals surface area contributed by atoms with Crippen molar-refractivity contribution < 1.29 is 42.8 Å². The molecule has 1 fully saturated rings. The van der Waals surface area contributed by atoms with Crippen LogP contribution in [0.15, 0.2) is 42.5 Å². The molecule has 9 nitrogen and oxygen atoms in total. The van der Waals surface area contributed by atoms with Gasteiger partial charge in [0, 0.05) is 45.3 Å². The quantitative estimate of drug-likeness (QED) is 0.362. The van der Waals surface area contributed by atoms with Crippen LogP contribution in [0.5, 0.6) is 5.75 Å². The zero-order valence-electron chi connectivity index (χ0n) is 23.2. The minimum Gasteiger partial charge on any atom is -0.497 e. The van der Waals surface area contributed by atoms with Gasteiger partial charge in [0.1, 0.15) is 24.6 Å². The average Bonchev–Trinajstić information content (AvgIpc) is 3.33. The van der Waals surface area contributed by atoms with E-state index in [-0.39, 0.29) is 12.5 Å². The normalized spacial score (nSPS) is 27.8. The lowest BCUT2D eigenvalue weighted by molar-refractivity contribution is -0.359. The number of hydrogen-bond donors (Lipinski definition) is 0. The summed E-state index contributed by atoms with van der Waals surface area (Å²) < 4.78 is 34.7. The van der Waals surface area contributed by atoms with E-state index in [1.165, 1.54) is 33.4 Å². The topological polar surface area (TPSA) is 107 Å². The van der Waals surface area contributed by atoms with Gasteiger partial charge in [0.05, 0.1) is 7.11 Å². The number of carbonyl (C=O) groups is 3. The van der Waals surface area contributed by atoms with Crippen molar-refractivity contribution in [1.82, 2.24) is 0 Å². The maximum atomic E-state index is 12.3.